The number of nitrogens with zero attached hydrogens (tertiary/aromatic N) is 4. The molecule has 0 atom stereocenters. The quantitative estimate of drug-likeness (QED) is 0.570. The molecular formula is C24H30N4O2S. The summed E-state index contributed by atoms with van der Waals surface area (Å²) in [7, 11) is 1.62. The summed E-state index contributed by atoms with van der Waals surface area (Å²) in [6.45, 7) is 3.82. The van der Waals surface area contributed by atoms with E-state index in [0.29, 0.717) is 22.7 Å². The maximum absolute atomic E-state index is 12.9. The summed E-state index contributed by atoms with van der Waals surface area (Å²) in [6.07, 6.45) is 9.24. The van der Waals surface area contributed by atoms with Crippen molar-refractivity contribution in [2.75, 3.05) is 20.2 Å². The first-order valence-electron chi connectivity index (χ1n) is 11.4. The van der Waals surface area contributed by atoms with Gasteiger partial charge in [-0.2, -0.15) is 0 Å². The first-order valence-corrected chi connectivity index (χ1v) is 12.3. The molecule has 0 radical (unpaired) electrons. The van der Waals surface area contributed by atoms with Gasteiger partial charge in [0.05, 0.1) is 35.0 Å². The number of methoxy groups -OCH3 is 1. The van der Waals surface area contributed by atoms with Crippen LogP contribution in [0.5, 0.6) is 5.75 Å². The van der Waals surface area contributed by atoms with Gasteiger partial charge >= 0.3 is 0 Å². The van der Waals surface area contributed by atoms with Crippen molar-refractivity contribution in [1.29, 1.82) is 0 Å². The maximum Gasteiger partial charge on any atom is 0.261 e. The van der Waals surface area contributed by atoms with E-state index in [1.807, 2.05) is 29.5 Å². The lowest BCUT2D eigenvalue weighted by Gasteiger charge is -2.31. The Morgan fingerprint density at radius 2 is 1.97 bits per heavy atom. The van der Waals surface area contributed by atoms with Crippen molar-refractivity contribution in [3.8, 4) is 5.75 Å². The summed E-state index contributed by atoms with van der Waals surface area (Å²) in [5, 5.41) is 4.26. The van der Waals surface area contributed by atoms with Crippen molar-refractivity contribution in [3.05, 3.63) is 51.0 Å². The van der Waals surface area contributed by atoms with Gasteiger partial charge in [-0.3, -0.25) is 14.3 Å². The second kappa shape index (κ2) is 9.09. The predicted molar refractivity (Wildman–Crippen MR) is 124 cm³/mol. The van der Waals surface area contributed by atoms with Gasteiger partial charge in [0.15, 0.2) is 0 Å². The molecule has 6 nitrogen and oxygen atoms in total. The molecule has 164 valence electrons. The van der Waals surface area contributed by atoms with Gasteiger partial charge in [-0.25, -0.2) is 9.97 Å². The third-order valence-electron chi connectivity index (χ3n) is 6.85. The third-order valence-corrected chi connectivity index (χ3v) is 7.91. The number of thiazole rings is 1. The lowest BCUT2D eigenvalue weighted by molar-refractivity contribution is 0.165. The van der Waals surface area contributed by atoms with Crippen LogP contribution < -0.4 is 10.3 Å². The average Bonchev–Trinajstić information content (AvgIpc) is 3.49. The molecule has 2 aromatic heterocycles. The van der Waals surface area contributed by atoms with Gasteiger partial charge in [0.1, 0.15) is 5.75 Å². The molecular weight excluding hydrogens is 408 g/mol. The molecule has 7 heteroatoms. The number of fused-ring (bicyclic) bond motifs is 1. The second-order valence-electron chi connectivity index (χ2n) is 8.96. The van der Waals surface area contributed by atoms with Crippen molar-refractivity contribution in [3.63, 3.8) is 0 Å². The number of benzene rings is 1. The fourth-order valence-electron chi connectivity index (χ4n) is 4.99. The Morgan fingerprint density at radius 1 is 1.16 bits per heavy atom. The highest BCUT2D eigenvalue weighted by molar-refractivity contribution is 7.09. The smallest absolute Gasteiger partial charge is 0.261 e. The first kappa shape index (κ1) is 20.6. The minimum Gasteiger partial charge on any atom is -0.497 e. The summed E-state index contributed by atoms with van der Waals surface area (Å²) >= 11 is 1.85. The highest BCUT2D eigenvalue weighted by Gasteiger charge is 2.23. The van der Waals surface area contributed by atoms with Gasteiger partial charge in [0, 0.05) is 30.5 Å². The second-order valence-corrected chi connectivity index (χ2v) is 9.85. The monoisotopic (exact) mass is 438 g/mol. The number of likely N-dealkylation sites (tertiary alicyclic amines) is 1. The lowest BCUT2D eigenvalue weighted by Crippen LogP contribution is -2.36. The number of aromatic nitrogens is 3. The number of rotatable bonds is 6. The number of hydrogen-bond acceptors (Lipinski definition) is 6. The van der Waals surface area contributed by atoms with Crippen molar-refractivity contribution < 1.29 is 4.74 Å². The van der Waals surface area contributed by atoms with E-state index in [1.54, 1.807) is 18.0 Å². The maximum atomic E-state index is 12.9. The fraction of sp³-hybridized carbons (Fsp3) is 0.542. The van der Waals surface area contributed by atoms with E-state index < -0.39 is 0 Å². The molecule has 0 bridgehead atoms. The Hall–Kier alpha value is -2.25. The molecule has 0 spiro atoms. The third kappa shape index (κ3) is 4.53. The Labute approximate surface area is 186 Å². The van der Waals surface area contributed by atoms with Crippen molar-refractivity contribution in [2.24, 2.45) is 5.92 Å². The van der Waals surface area contributed by atoms with Crippen LogP contribution in [-0.4, -0.2) is 39.6 Å². The number of piperidine rings is 1. The number of hydrogen-bond donors (Lipinski definition) is 0. The molecule has 1 saturated heterocycles. The van der Waals surface area contributed by atoms with Crippen LogP contribution in [0.1, 0.15) is 55.1 Å². The minimum atomic E-state index is 0.0389. The van der Waals surface area contributed by atoms with Gasteiger partial charge in [0.25, 0.3) is 5.56 Å². The molecule has 3 heterocycles. The zero-order chi connectivity index (χ0) is 21.2. The molecule has 1 aliphatic heterocycles. The van der Waals surface area contributed by atoms with Crippen molar-refractivity contribution >= 4 is 22.2 Å². The minimum absolute atomic E-state index is 0.0389. The SMILES string of the molecule is COc1ccc2c(=O)n(CC3CCN(Cc4csc(C5CCCC5)n4)CC3)cnc2c1. The predicted octanol–water partition coefficient (Wildman–Crippen LogP) is 4.43. The van der Waals surface area contributed by atoms with E-state index in [2.05, 4.69) is 15.3 Å². The van der Waals surface area contributed by atoms with Gasteiger partial charge in [-0.1, -0.05) is 12.8 Å². The summed E-state index contributed by atoms with van der Waals surface area (Å²) in [6, 6.07) is 5.46. The molecule has 0 amide bonds. The highest BCUT2D eigenvalue weighted by Crippen LogP contribution is 2.35. The molecule has 0 unspecified atom stereocenters. The standard InChI is InChI=1S/C24H30N4O2S/c1-30-20-6-7-21-22(12-20)25-16-28(24(21)29)13-17-8-10-27(11-9-17)14-19-15-31-23(26-19)18-4-2-3-5-18/h6-7,12,15-18H,2-5,8-11,13-14H2,1H3. The van der Waals surface area contributed by atoms with E-state index in [-0.39, 0.29) is 5.56 Å². The van der Waals surface area contributed by atoms with Gasteiger partial charge in [-0.15, -0.1) is 11.3 Å². The molecule has 0 N–H and O–H groups in total. The fourth-order valence-corrected chi connectivity index (χ4v) is 5.97. The molecule has 3 aromatic rings. The topological polar surface area (TPSA) is 60.2 Å². The van der Waals surface area contributed by atoms with Gasteiger partial charge < -0.3 is 4.74 Å². The molecule has 5 rings (SSSR count). The Kier molecular flexibility index (Phi) is 6.05. The molecule has 2 fully saturated rings. The Balaban J connectivity index is 1.17. The van der Waals surface area contributed by atoms with Crippen LogP contribution in [0.4, 0.5) is 0 Å². The summed E-state index contributed by atoms with van der Waals surface area (Å²) in [4.78, 5) is 24.8. The Bertz CT molecular complexity index is 1090. The molecule has 1 saturated carbocycles. The molecule has 31 heavy (non-hydrogen) atoms. The van der Waals surface area contributed by atoms with Crippen molar-refractivity contribution in [1.82, 2.24) is 19.4 Å². The highest BCUT2D eigenvalue weighted by atomic mass is 32.1. The summed E-state index contributed by atoms with van der Waals surface area (Å²) in [5.74, 6) is 1.94. The summed E-state index contributed by atoms with van der Waals surface area (Å²) < 4.78 is 7.02. The van der Waals surface area contributed by atoms with Crippen LogP contribution in [0.15, 0.2) is 34.7 Å². The first-order chi connectivity index (χ1) is 15.2. The van der Waals surface area contributed by atoms with Crippen LogP contribution in [0, 0.1) is 5.92 Å². The lowest BCUT2D eigenvalue weighted by atomic mass is 9.96. The van der Waals surface area contributed by atoms with Crippen LogP contribution >= 0.6 is 11.3 Å². The normalized spacial score (nSPS) is 18.7. The van der Waals surface area contributed by atoms with Crippen LogP contribution in [0.25, 0.3) is 10.9 Å². The van der Waals surface area contributed by atoms with E-state index >= 15 is 0 Å². The number of ether oxygens (including phenoxy) is 1. The van der Waals surface area contributed by atoms with Crippen LogP contribution in [0.3, 0.4) is 0 Å². The zero-order valence-electron chi connectivity index (χ0n) is 18.1. The molecule has 1 aromatic carbocycles. The largest absolute Gasteiger partial charge is 0.497 e. The average molecular weight is 439 g/mol. The Morgan fingerprint density at radius 3 is 2.74 bits per heavy atom. The van der Waals surface area contributed by atoms with Crippen LogP contribution in [0.2, 0.25) is 0 Å². The van der Waals surface area contributed by atoms with E-state index in [4.69, 9.17) is 9.72 Å². The zero-order valence-corrected chi connectivity index (χ0v) is 18.9. The molecule has 2 aliphatic rings. The van der Waals surface area contributed by atoms with Crippen molar-refractivity contribution in [2.45, 2.75) is 57.5 Å². The van der Waals surface area contributed by atoms with E-state index in [0.717, 1.165) is 44.8 Å². The molecule has 1 aliphatic carbocycles. The van der Waals surface area contributed by atoms with E-state index in [1.165, 1.54) is 36.4 Å². The van der Waals surface area contributed by atoms with Gasteiger partial charge in [-0.05, 0) is 56.8 Å². The summed E-state index contributed by atoms with van der Waals surface area (Å²) in [5.41, 5.74) is 1.96. The van der Waals surface area contributed by atoms with E-state index in [9.17, 15) is 4.79 Å². The van der Waals surface area contributed by atoms with Gasteiger partial charge in [0.2, 0.25) is 0 Å². The van der Waals surface area contributed by atoms with Crippen LogP contribution in [-0.2, 0) is 13.1 Å².